The standard InChI is InChI=1S/C25H32N2O5S2/c1-25(2,3)16-8-9-19-20(13-16)33-24(27-22(28)15-6-5-7-18(12-15)32-4)21(19)23(29)26-17-10-11-34(30,31)14-17/h5-7,12,16-17H,8-11,13-14H2,1-4H3,(H,26,29)(H,27,28)/t16-,17+/m0/s1. The Balaban J connectivity index is 1.65. The van der Waals surface area contributed by atoms with Gasteiger partial charge in [-0.3, -0.25) is 9.59 Å². The maximum Gasteiger partial charge on any atom is 0.256 e. The third-order valence-corrected chi connectivity index (χ3v) is 9.78. The fourth-order valence-corrected chi connectivity index (χ4v) is 7.75. The highest BCUT2D eigenvalue weighted by Crippen LogP contribution is 2.44. The van der Waals surface area contributed by atoms with E-state index in [1.807, 2.05) is 0 Å². The van der Waals surface area contributed by atoms with E-state index >= 15 is 0 Å². The molecule has 1 fully saturated rings. The van der Waals surface area contributed by atoms with Crippen LogP contribution in [0, 0.1) is 11.3 Å². The van der Waals surface area contributed by atoms with Crippen LogP contribution in [0.15, 0.2) is 24.3 Å². The van der Waals surface area contributed by atoms with Gasteiger partial charge >= 0.3 is 0 Å². The van der Waals surface area contributed by atoms with Gasteiger partial charge in [0.05, 0.1) is 24.2 Å². The predicted octanol–water partition coefficient (Wildman–Crippen LogP) is 4.08. The SMILES string of the molecule is COc1cccc(C(=O)Nc2sc3c(c2C(=O)N[C@@H]2CCS(=O)(=O)C2)CC[C@H](C(C)(C)C)C3)c1. The minimum atomic E-state index is -3.12. The molecule has 184 valence electrons. The maximum absolute atomic E-state index is 13.4. The molecule has 1 aliphatic heterocycles. The number of ether oxygens (including phenoxy) is 1. The van der Waals surface area contributed by atoms with Gasteiger partial charge < -0.3 is 15.4 Å². The van der Waals surface area contributed by atoms with Gasteiger partial charge in [0.15, 0.2) is 9.84 Å². The summed E-state index contributed by atoms with van der Waals surface area (Å²) in [6.07, 6.45) is 3.00. The monoisotopic (exact) mass is 504 g/mol. The number of carbonyl (C=O) groups is 2. The van der Waals surface area contributed by atoms with Gasteiger partial charge in [0.1, 0.15) is 10.8 Å². The molecule has 4 rings (SSSR count). The van der Waals surface area contributed by atoms with Crippen LogP contribution in [0.2, 0.25) is 0 Å². The van der Waals surface area contributed by atoms with Crippen molar-refractivity contribution < 1.29 is 22.7 Å². The lowest BCUT2D eigenvalue weighted by Gasteiger charge is -2.33. The molecule has 34 heavy (non-hydrogen) atoms. The fraction of sp³-hybridized carbons (Fsp3) is 0.520. The highest BCUT2D eigenvalue weighted by Gasteiger charge is 2.36. The number of hydrogen-bond acceptors (Lipinski definition) is 6. The van der Waals surface area contributed by atoms with Crippen LogP contribution in [0.25, 0.3) is 0 Å². The molecule has 0 radical (unpaired) electrons. The quantitative estimate of drug-likeness (QED) is 0.639. The van der Waals surface area contributed by atoms with E-state index in [0.29, 0.717) is 34.2 Å². The molecule has 1 saturated heterocycles. The molecule has 2 aromatic rings. The summed E-state index contributed by atoms with van der Waals surface area (Å²) in [5.41, 5.74) is 2.04. The van der Waals surface area contributed by atoms with Gasteiger partial charge in [-0.25, -0.2) is 8.42 Å². The van der Waals surface area contributed by atoms with Crippen molar-refractivity contribution in [1.82, 2.24) is 5.32 Å². The van der Waals surface area contributed by atoms with Crippen molar-refractivity contribution in [2.45, 2.75) is 52.5 Å². The maximum atomic E-state index is 13.4. The summed E-state index contributed by atoms with van der Waals surface area (Å²) < 4.78 is 29.0. The van der Waals surface area contributed by atoms with Crippen molar-refractivity contribution in [2.24, 2.45) is 11.3 Å². The Bertz CT molecular complexity index is 1210. The molecule has 2 amide bonds. The van der Waals surface area contributed by atoms with E-state index in [0.717, 1.165) is 29.7 Å². The van der Waals surface area contributed by atoms with E-state index < -0.39 is 15.9 Å². The van der Waals surface area contributed by atoms with Crippen LogP contribution in [-0.2, 0) is 22.7 Å². The van der Waals surface area contributed by atoms with Crippen molar-refractivity contribution in [3.8, 4) is 5.75 Å². The molecule has 0 spiro atoms. The Hall–Kier alpha value is -2.39. The van der Waals surface area contributed by atoms with Gasteiger partial charge in [-0.1, -0.05) is 26.8 Å². The number of sulfone groups is 1. The average molecular weight is 505 g/mol. The lowest BCUT2D eigenvalue weighted by molar-refractivity contribution is 0.0941. The number of rotatable bonds is 5. The molecule has 0 unspecified atom stereocenters. The lowest BCUT2D eigenvalue weighted by Crippen LogP contribution is -2.36. The van der Waals surface area contributed by atoms with Crippen molar-refractivity contribution in [1.29, 1.82) is 0 Å². The Labute approximate surface area is 205 Å². The molecule has 2 atom stereocenters. The first kappa shape index (κ1) is 24.7. The molecule has 2 aliphatic rings. The first-order valence-corrected chi connectivity index (χ1v) is 14.2. The fourth-order valence-electron chi connectivity index (χ4n) is 4.76. The van der Waals surface area contributed by atoms with E-state index in [-0.39, 0.29) is 28.7 Å². The van der Waals surface area contributed by atoms with Crippen LogP contribution >= 0.6 is 11.3 Å². The molecular formula is C25H32N2O5S2. The number of hydrogen-bond donors (Lipinski definition) is 2. The zero-order chi connectivity index (χ0) is 24.7. The first-order chi connectivity index (χ1) is 16.0. The van der Waals surface area contributed by atoms with Gasteiger partial charge in [-0.15, -0.1) is 11.3 Å². The van der Waals surface area contributed by atoms with Crippen LogP contribution in [-0.4, -0.2) is 44.9 Å². The zero-order valence-corrected chi connectivity index (χ0v) is 21.7. The number of nitrogens with one attached hydrogen (secondary N) is 2. The second-order valence-corrected chi connectivity index (χ2v) is 13.6. The molecule has 2 N–H and O–H groups in total. The summed E-state index contributed by atoms with van der Waals surface area (Å²) in [6.45, 7) is 6.70. The lowest BCUT2D eigenvalue weighted by atomic mass is 9.72. The van der Waals surface area contributed by atoms with Gasteiger partial charge in [-0.05, 0) is 60.8 Å². The molecule has 0 bridgehead atoms. The minimum Gasteiger partial charge on any atom is -0.497 e. The normalized spacial score (nSPS) is 21.5. The number of thiophene rings is 1. The van der Waals surface area contributed by atoms with Gasteiger partial charge in [-0.2, -0.15) is 0 Å². The number of benzene rings is 1. The highest BCUT2D eigenvalue weighted by atomic mass is 32.2. The van der Waals surface area contributed by atoms with Gasteiger partial charge in [0, 0.05) is 16.5 Å². The van der Waals surface area contributed by atoms with Crippen LogP contribution in [0.1, 0.15) is 64.8 Å². The number of amides is 2. The number of fused-ring (bicyclic) bond motifs is 1. The summed E-state index contributed by atoms with van der Waals surface area (Å²) in [6, 6.07) is 6.46. The summed E-state index contributed by atoms with van der Waals surface area (Å²) in [5, 5.41) is 6.39. The van der Waals surface area contributed by atoms with Crippen LogP contribution in [0.4, 0.5) is 5.00 Å². The third-order valence-electron chi connectivity index (χ3n) is 6.84. The van der Waals surface area contributed by atoms with Crippen molar-refractivity contribution in [3.05, 3.63) is 45.8 Å². The topological polar surface area (TPSA) is 102 Å². The van der Waals surface area contributed by atoms with Crippen molar-refractivity contribution in [3.63, 3.8) is 0 Å². The Morgan fingerprint density at radius 1 is 1.15 bits per heavy atom. The molecule has 1 aromatic heterocycles. The summed E-state index contributed by atoms with van der Waals surface area (Å²) in [5.74, 6) is 0.481. The van der Waals surface area contributed by atoms with Gasteiger partial charge in [0.25, 0.3) is 11.8 Å². The second kappa shape index (κ2) is 9.34. The summed E-state index contributed by atoms with van der Waals surface area (Å²) in [4.78, 5) is 27.6. The van der Waals surface area contributed by atoms with Crippen LogP contribution in [0.3, 0.4) is 0 Å². The third kappa shape index (κ3) is 5.30. The molecule has 1 aromatic carbocycles. The number of carbonyl (C=O) groups excluding carboxylic acids is 2. The molecule has 7 nitrogen and oxygen atoms in total. The Morgan fingerprint density at radius 2 is 1.91 bits per heavy atom. The number of anilines is 1. The minimum absolute atomic E-state index is 0.0390. The van der Waals surface area contributed by atoms with E-state index in [4.69, 9.17) is 4.74 Å². The van der Waals surface area contributed by atoms with Crippen molar-refractivity contribution >= 4 is 38.0 Å². The molecule has 2 heterocycles. The van der Waals surface area contributed by atoms with Crippen molar-refractivity contribution in [2.75, 3.05) is 23.9 Å². The number of methoxy groups -OCH3 is 1. The highest BCUT2D eigenvalue weighted by molar-refractivity contribution is 7.91. The van der Waals surface area contributed by atoms with E-state index in [1.165, 1.54) is 11.3 Å². The summed E-state index contributed by atoms with van der Waals surface area (Å²) >= 11 is 1.46. The van der Waals surface area contributed by atoms with Crippen LogP contribution < -0.4 is 15.4 Å². The first-order valence-electron chi connectivity index (χ1n) is 11.6. The Kier molecular flexibility index (Phi) is 6.79. The second-order valence-electron chi connectivity index (χ2n) is 10.3. The summed E-state index contributed by atoms with van der Waals surface area (Å²) in [7, 11) is -1.57. The molecular weight excluding hydrogens is 472 g/mol. The van der Waals surface area contributed by atoms with E-state index in [2.05, 4.69) is 31.4 Å². The predicted molar refractivity (Wildman–Crippen MR) is 135 cm³/mol. The molecule has 1 aliphatic carbocycles. The molecule has 0 saturated carbocycles. The zero-order valence-electron chi connectivity index (χ0n) is 20.1. The van der Waals surface area contributed by atoms with Crippen LogP contribution in [0.5, 0.6) is 5.75 Å². The van der Waals surface area contributed by atoms with E-state index in [9.17, 15) is 18.0 Å². The van der Waals surface area contributed by atoms with Gasteiger partial charge in [0.2, 0.25) is 0 Å². The average Bonchev–Trinajstić information content (AvgIpc) is 3.30. The smallest absolute Gasteiger partial charge is 0.256 e. The largest absolute Gasteiger partial charge is 0.497 e. The Morgan fingerprint density at radius 3 is 2.56 bits per heavy atom. The molecule has 9 heteroatoms. The van der Waals surface area contributed by atoms with E-state index in [1.54, 1.807) is 31.4 Å².